The summed E-state index contributed by atoms with van der Waals surface area (Å²) in [7, 11) is 0. The van der Waals surface area contributed by atoms with Crippen LogP contribution in [0.1, 0.15) is 6.42 Å². The molecule has 1 aromatic carbocycles. The highest BCUT2D eigenvalue weighted by atomic mass is 16.3. The normalized spacial score (nSPS) is 10.6. The molecule has 1 aromatic heterocycles. The zero-order valence-electron chi connectivity index (χ0n) is 8.98. The number of aromatic nitrogens is 1. The molecule has 0 aliphatic heterocycles. The van der Waals surface area contributed by atoms with Crippen LogP contribution in [0.25, 0.3) is 10.9 Å². The molecule has 0 aliphatic rings. The van der Waals surface area contributed by atoms with Gasteiger partial charge in [-0.15, -0.1) is 0 Å². The minimum absolute atomic E-state index is 0.246. The van der Waals surface area contributed by atoms with Crippen LogP contribution >= 0.6 is 0 Å². The minimum atomic E-state index is 0.246. The second kappa shape index (κ2) is 4.81. The number of phenols is 1. The number of benzene rings is 1. The van der Waals surface area contributed by atoms with Gasteiger partial charge in [-0.05, 0) is 25.1 Å². The van der Waals surface area contributed by atoms with Crippen LogP contribution in [0.2, 0.25) is 0 Å². The topological polar surface area (TPSA) is 71.2 Å². The van der Waals surface area contributed by atoms with Gasteiger partial charge in [0.1, 0.15) is 5.75 Å². The first-order valence-electron chi connectivity index (χ1n) is 5.33. The van der Waals surface area contributed by atoms with Crippen LogP contribution in [0.3, 0.4) is 0 Å². The summed E-state index contributed by atoms with van der Waals surface area (Å²) >= 11 is 0. The Morgan fingerprint density at radius 1 is 1.38 bits per heavy atom. The largest absolute Gasteiger partial charge is 0.508 e. The van der Waals surface area contributed by atoms with Crippen molar-refractivity contribution in [3.05, 3.63) is 30.5 Å². The van der Waals surface area contributed by atoms with Crippen molar-refractivity contribution in [2.24, 2.45) is 5.73 Å². The third kappa shape index (κ3) is 2.23. The van der Waals surface area contributed by atoms with Gasteiger partial charge < -0.3 is 16.2 Å². The predicted molar refractivity (Wildman–Crippen MR) is 65.6 cm³/mol. The van der Waals surface area contributed by atoms with Gasteiger partial charge in [-0.1, -0.05) is 6.07 Å². The zero-order chi connectivity index (χ0) is 11.4. The Bertz CT molecular complexity index is 485. The number of nitrogens with one attached hydrogen (secondary N) is 1. The average molecular weight is 217 g/mol. The lowest BCUT2D eigenvalue weighted by Gasteiger charge is -2.09. The van der Waals surface area contributed by atoms with E-state index in [0.29, 0.717) is 6.54 Å². The van der Waals surface area contributed by atoms with E-state index in [0.717, 1.165) is 29.6 Å². The summed E-state index contributed by atoms with van der Waals surface area (Å²) in [6, 6.07) is 7.17. The van der Waals surface area contributed by atoms with Crippen LogP contribution in [-0.4, -0.2) is 23.2 Å². The van der Waals surface area contributed by atoms with Crippen molar-refractivity contribution < 1.29 is 5.11 Å². The first-order valence-corrected chi connectivity index (χ1v) is 5.33. The molecule has 2 aromatic rings. The van der Waals surface area contributed by atoms with Gasteiger partial charge in [0.05, 0.1) is 11.2 Å². The minimum Gasteiger partial charge on any atom is -0.508 e. The number of fused-ring (bicyclic) bond motifs is 1. The number of hydrogen-bond acceptors (Lipinski definition) is 4. The van der Waals surface area contributed by atoms with Crippen molar-refractivity contribution in [3.63, 3.8) is 0 Å². The van der Waals surface area contributed by atoms with Crippen molar-refractivity contribution in [1.82, 2.24) is 4.98 Å². The van der Waals surface area contributed by atoms with E-state index in [9.17, 15) is 5.11 Å². The molecule has 2 rings (SSSR count). The molecule has 0 spiro atoms. The molecule has 0 unspecified atom stereocenters. The molecular weight excluding hydrogens is 202 g/mol. The van der Waals surface area contributed by atoms with Crippen LogP contribution in [0.15, 0.2) is 30.5 Å². The van der Waals surface area contributed by atoms with Crippen molar-refractivity contribution in [3.8, 4) is 5.75 Å². The van der Waals surface area contributed by atoms with Crippen LogP contribution < -0.4 is 11.1 Å². The van der Waals surface area contributed by atoms with Gasteiger partial charge in [0.2, 0.25) is 0 Å². The molecule has 4 nitrogen and oxygen atoms in total. The molecule has 84 valence electrons. The van der Waals surface area contributed by atoms with Crippen molar-refractivity contribution in [1.29, 1.82) is 0 Å². The SMILES string of the molecule is NCCCNc1cc(O)cc2cccnc12. The Kier molecular flexibility index (Phi) is 3.22. The van der Waals surface area contributed by atoms with Gasteiger partial charge in [0.25, 0.3) is 0 Å². The summed E-state index contributed by atoms with van der Waals surface area (Å²) < 4.78 is 0. The third-order valence-electron chi connectivity index (χ3n) is 2.39. The van der Waals surface area contributed by atoms with Crippen molar-refractivity contribution in [2.75, 3.05) is 18.4 Å². The highest BCUT2D eigenvalue weighted by Crippen LogP contribution is 2.26. The second-order valence-electron chi connectivity index (χ2n) is 3.64. The van der Waals surface area contributed by atoms with E-state index in [1.165, 1.54) is 0 Å². The van der Waals surface area contributed by atoms with E-state index in [2.05, 4.69) is 10.3 Å². The van der Waals surface area contributed by atoms with Crippen LogP contribution in [0, 0.1) is 0 Å². The van der Waals surface area contributed by atoms with Gasteiger partial charge in [-0.25, -0.2) is 0 Å². The summed E-state index contributed by atoms with van der Waals surface area (Å²) in [5.74, 6) is 0.246. The first kappa shape index (κ1) is 10.7. The molecular formula is C12H15N3O. The number of pyridine rings is 1. The van der Waals surface area contributed by atoms with E-state index in [1.807, 2.05) is 12.1 Å². The fourth-order valence-electron chi connectivity index (χ4n) is 1.64. The fraction of sp³-hybridized carbons (Fsp3) is 0.250. The summed E-state index contributed by atoms with van der Waals surface area (Å²) in [5, 5.41) is 13.7. The van der Waals surface area contributed by atoms with Crippen LogP contribution in [0.5, 0.6) is 5.75 Å². The van der Waals surface area contributed by atoms with Gasteiger partial charge in [0, 0.05) is 24.2 Å². The summed E-state index contributed by atoms with van der Waals surface area (Å²) in [5.41, 5.74) is 7.15. The van der Waals surface area contributed by atoms with Crippen LogP contribution in [0.4, 0.5) is 5.69 Å². The molecule has 0 saturated carbocycles. The maximum atomic E-state index is 9.58. The van der Waals surface area contributed by atoms with Gasteiger partial charge in [-0.2, -0.15) is 0 Å². The maximum absolute atomic E-state index is 9.58. The average Bonchev–Trinajstić information content (AvgIpc) is 2.29. The molecule has 0 fully saturated rings. The molecule has 4 heteroatoms. The molecule has 0 bridgehead atoms. The standard InChI is InChI=1S/C12H15N3O/c13-4-2-6-14-11-8-10(16)7-9-3-1-5-15-12(9)11/h1,3,5,7-8,14,16H,2,4,6,13H2. The predicted octanol–water partition coefficient (Wildman–Crippen LogP) is 1.70. The lowest BCUT2D eigenvalue weighted by atomic mass is 10.2. The van der Waals surface area contributed by atoms with E-state index in [-0.39, 0.29) is 5.75 Å². The molecule has 16 heavy (non-hydrogen) atoms. The summed E-state index contributed by atoms with van der Waals surface area (Å²) in [6.07, 6.45) is 2.64. The highest BCUT2D eigenvalue weighted by Gasteiger charge is 2.03. The molecule has 0 amide bonds. The number of hydrogen-bond donors (Lipinski definition) is 3. The van der Waals surface area contributed by atoms with Crippen LogP contribution in [-0.2, 0) is 0 Å². The van der Waals surface area contributed by atoms with Crippen molar-refractivity contribution >= 4 is 16.6 Å². The highest BCUT2D eigenvalue weighted by molar-refractivity contribution is 5.91. The number of nitrogens with two attached hydrogens (primary N) is 1. The molecule has 0 aliphatic carbocycles. The third-order valence-corrected chi connectivity index (χ3v) is 2.39. The Labute approximate surface area is 94.1 Å². The Morgan fingerprint density at radius 2 is 2.25 bits per heavy atom. The van der Waals surface area contributed by atoms with E-state index < -0.39 is 0 Å². The summed E-state index contributed by atoms with van der Waals surface area (Å²) in [4.78, 5) is 4.30. The van der Waals surface area contributed by atoms with Gasteiger partial charge in [-0.3, -0.25) is 4.98 Å². The molecule has 0 radical (unpaired) electrons. The lowest BCUT2D eigenvalue weighted by molar-refractivity contribution is 0.476. The molecule has 0 saturated heterocycles. The van der Waals surface area contributed by atoms with Gasteiger partial charge in [0.15, 0.2) is 0 Å². The maximum Gasteiger partial charge on any atom is 0.118 e. The Balaban J connectivity index is 2.34. The second-order valence-corrected chi connectivity index (χ2v) is 3.64. The molecule has 1 heterocycles. The first-order chi connectivity index (χ1) is 7.81. The quantitative estimate of drug-likeness (QED) is 0.682. The monoisotopic (exact) mass is 217 g/mol. The smallest absolute Gasteiger partial charge is 0.118 e. The number of phenolic OH excluding ortho intramolecular Hbond substituents is 1. The Hall–Kier alpha value is -1.81. The van der Waals surface area contributed by atoms with Crippen molar-refractivity contribution in [2.45, 2.75) is 6.42 Å². The number of nitrogens with zero attached hydrogens (tertiary/aromatic N) is 1. The lowest BCUT2D eigenvalue weighted by Crippen LogP contribution is -2.08. The summed E-state index contributed by atoms with van der Waals surface area (Å²) in [6.45, 7) is 1.43. The number of rotatable bonds is 4. The fourth-order valence-corrected chi connectivity index (χ4v) is 1.64. The van der Waals surface area contributed by atoms with E-state index in [1.54, 1.807) is 18.3 Å². The van der Waals surface area contributed by atoms with E-state index >= 15 is 0 Å². The molecule has 4 N–H and O–H groups in total. The van der Waals surface area contributed by atoms with E-state index in [4.69, 9.17) is 5.73 Å². The molecule has 0 atom stereocenters. The Morgan fingerprint density at radius 3 is 3.06 bits per heavy atom. The van der Waals surface area contributed by atoms with Gasteiger partial charge >= 0.3 is 0 Å². The number of anilines is 1. The zero-order valence-corrected chi connectivity index (χ0v) is 8.98. The number of aromatic hydroxyl groups is 1.